The summed E-state index contributed by atoms with van der Waals surface area (Å²) in [6.07, 6.45) is 6.51. The summed E-state index contributed by atoms with van der Waals surface area (Å²) in [5.74, 6) is 0.0789. The summed E-state index contributed by atoms with van der Waals surface area (Å²) in [4.78, 5) is 27.7. The van der Waals surface area contributed by atoms with Gasteiger partial charge in [0.25, 0.3) is 5.91 Å². The van der Waals surface area contributed by atoms with E-state index in [0.717, 1.165) is 55.3 Å². The normalized spacial score (nSPS) is 24.9. The molecular formula is C17H24N2O3. The Hall–Kier alpha value is -1.62. The molecule has 2 aliphatic rings. The molecule has 1 amide bonds. The van der Waals surface area contributed by atoms with Crippen LogP contribution in [-0.2, 0) is 11.2 Å². The average molecular weight is 304 g/mol. The number of ether oxygens (including phenoxy) is 1. The number of hydrogen-bond acceptors (Lipinski definition) is 3. The van der Waals surface area contributed by atoms with E-state index in [1.54, 1.807) is 7.11 Å². The van der Waals surface area contributed by atoms with E-state index in [0.29, 0.717) is 18.2 Å². The van der Waals surface area contributed by atoms with Crippen molar-refractivity contribution in [3.05, 3.63) is 22.5 Å². The molecule has 120 valence electrons. The molecule has 0 spiro atoms. The molecule has 0 aromatic carbocycles. The fourth-order valence-corrected chi connectivity index (χ4v) is 3.70. The van der Waals surface area contributed by atoms with Crippen molar-refractivity contribution in [2.75, 3.05) is 7.11 Å². The number of H-pyrrole nitrogens is 1. The highest BCUT2D eigenvalue weighted by Gasteiger charge is 2.28. The Balaban J connectivity index is 1.70. The molecule has 0 bridgehead atoms. The number of carbonyl (C=O) groups excluding carboxylic acids is 2. The SMILES string of the molecule is COC1CCC(NC(=O)c2[nH]c3c(c2C)C(=O)CCC3)CC1. The molecule has 1 fully saturated rings. The maximum absolute atomic E-state index is 12.5. The third-order valence-electron chi connectivity index (χ3n) is 5.01. The van der Waals surface area contributed by atoms with Gasteiger partial charge >= 0.3 is 0 Å². The fraction of sp³-hybridized carbons (Fsp3) is 0.647. The monoisotopic (exact) mass is 304 g/mol. The van der Waals surface area contributed by atoms with Gasteiger partial charge in [0.2, 0.25) is 0 Å². The van der Waals surface area contributed by atoms with E-state index in [4.69, 9.17) is 4.74 Å². The summed E-state index contributed by atoms with van der Waals surface area (Å²) >= 11 is 0. The molecule has 0 aliphatic heterocycles. The Morgan fingerprint density at radius 1 is 1.23 bits per heavy atom. The van der Waals surface area contributed by atoms with Crippen molar-refractivity contribution in [2.24, 2.45) is 0 Å². The minimum atomic E-state index is -0.0828. The van der Waals surface area contributed by atoms with Crippen LogP contribution in [0.5, 0.6) is 0 Å². The van der Waals surface area contributed by atoms with E-state index in [9.17, 15) is 9.59 Å². The maximum atomic E-state index is 12.5. The first kappa shape index (κ1) is 15.3. The van der Waals surface area contributed by atoms with Crippen LogP contribution in [0.25, 0.3) is 0 Å². The van der Waals surface area contributed by atoms with Crippen LogP contribution < -0.4 is 5.32 Å². The molecule has 1 aromatic heterocycles. The van der Waals surface area contributed by atoms with E-state index in [2.05, 4.69) is 10.3 Å². The Kier molecular flexibility index (Phi) is 4.34. The lowest BCUT2D eigenvalue weighted by atomic mass is 9.92. The zero-order chi connectivity index (χ0) is 15.7. The zero-order valence-electron chi connectivity index (χ0n) is 13.3. The maximum Gasteiger partial charge on any atom is 0.268 e. The van der Waals surface area contributed by atoms with Crippen LogP contribution in [-0.4, -0.2) is 35.9 Å². The summed E-state index contributed by atoms with van der Waals surface area (Å²) in [6.45, 7) is 1.87. The molecule has 0 saturated heterocycles. The molecule has 5 nitrogen and oxygen atoms in total. The minimum absolute atomic E-state index is 0.0828. The second kappa shape index (κ2) is 6.24. The zero-order valence-corrected chi connectivity index (χ0v) is 13.3. The van der Waals surface area contributed by atoms with E-state index in [1.807, 2.05) is 6.92 Å². The van der Waals surface area contributed by atoms with Gasteiger partial charge < -0.3 is 15.0 Å². The Labute approximate surface area is 130 Å². The Morgan fingerprint density at radius 2 is 1.95 bits per heavy atom. The van der Waals surface area contributed by atoms with Gasteiger partial charge in [-0.25, -0.2) is 0 Å². The van der Waals surface area contributed by atoms with Gasteiger partial charge in [0, 0.05) is 30.8 Å². The largest absolute Gasteiger partial charge is 0.381 e. The standard InChI is InChI=1S/C17H24N2O3/c1-10-15-13(4-3-5-14(15)20)19-16(10)17(21)18-11-6-8-12(22-2)9-7-11/h11-12,19H,3-9H2,1-2H3,(H,18,21). The smallest absolute Gasteiger partial charge is 0.268 e. The highest BCUT2D eigenvalue weighted by Crippen LogP contribution is 2.27. The molecule has 2 N–H and O–H groups in total. The van der Waals surface area contributed by atoms with Crippen molar-refractivity contribution in [1.82, 2.24) is 10.3 Å². The minimum Gasteiger partial charge on any atom is -0.381 e. The quantitative estimate of drug-likeness (QED) is 0.901. The van der Waals surface area contributed by atoms with Crippen LogP contribution in [0.15, 0.2) is 0 Å². The summed E-state index contributed by atoms with van der Waals surface area (Å²) < 4.78 is 5.36. The predicted octanol–water partition coefficient (Wildman–Crippen LogP) is 2.53. The number of fused-ring (bicyclic) bond motifs is 1. The number of Topliss-reactive ketones (excluding diaryl/α,β-unsaturated/α-hetero) is 1. The number of carbonyl (C=O) groups is 2. The summed E-state index contributed by atoms with van der Waals surface area (Å²) in [6, 6.07) is 0.203. The molecule has 3 rings (SSSR count). The first-order chi connectivity index (χ1) is 10.6. The number of rotatable bonds is 3. The molecule has 1 saturated carbocycles. The topological polar surface area (TPSA) is 71.2 Å². The first-order valence-electron chi connectivity index (χ1n) is 8.18. The molecule has 2 aliphatic carbocycles. The van der Waals surface area contributed by atoms with E-state index in [-0.39, 0.29) is 17.7 Å². The van der Waals surface area contributed by atoms with E-state index < -0.39 is 0 Å². The number of hydrogen-bond donors (Lipinski definition) is 2. The van der Waals surface area contributed by atoms with Gasteiger partial charge in [0.05, 0.1) is 6.10 Å². The lowest BCUT2D eigenvalue weighted by molar-refractivity contribution is 0.0598. The average Bonchev–Trinajstić information content (AvgIpc) is 2.86. The van der Waals surface area contributed by atoms with Crippen LogP contribution in [0.2, 0.25) is 0 Å². The van der Waals surface area contributed by atoms with Crippen molar-refractivity contribution < 1.29 is 14.3 Å². The van der Waals surface area contributed by atoms with Gasteiger partial charge in [0.15, 0.2) is 5.78 Å². The van der Waals surface area contributed by atoms with E-state index in [1.165, 1.54) is 0 Å². The number of ketones is 1. The fourth-order valence-electron chi connectivity index (χ4n) is 3.70. The van der Waals surface area contributed by atoms with Gasteiger partial charge in [-0.05, 0) is 51.0 Å². The van der Waals surface area contributed by atoms with Crippen LogP contribution in [0, 0.1) is 6.92 Å². The number of aryl methyl sites for hydroxylation is 1. The third kappa shape index (κ3) is 2.82. The number of amides is 1. The molecule has 22 heavy (non-hydrogen) atoms. The van der Waals surface area contributed by atoms with Crippen LogP contribution in [0.3, 0.4) is 0 Å². The van der Waals surface area contributed by atoms with Crippen LogP contribution in [0.1, 0.15) is 70.6 Å². The number of methoxy groups -OCH3 is 1. The van der Waals surface area contributed by atoms with Crippen molar-refractivity contribution in [2.45, 2.75) is 64.0 Å². The second-order valence-corrected chi connectivity index (χ2v) is 6.44. The Morgan fingerprint density at radius 3 is 2.59 bits per heavy atom. The lowest BCUT2D eigenvalue weighted by Gasteiger charge is -2.28. The van der Waals surface area contributed by atoms with Gasteiger partial charge in [-0.15, -0.1) is 0 Å². The lowest BCUT2D eigenvalue weighted by Crippen LogP contribution is -2.39. The summed E-state index contributed by atoms with van der Waals surface area (Å²) in [5, 5.41) is 3.11. The predicted molar refractivity (Wildman–Crippen MR) is 83.3 cm³/mol. The number of nitrogens with one attached hydrogen (secondary N) is 2. The molecule has 1 heterocycles. The van der Waals surface area contributed by atoms with Crippen LogP contribution >= 0.6 is 0 Å². The molecule has 0 atom stereocenters. The first-order valence-corrected chi connectivity index (χ1v) is 8.18. The molecule has 0 radical (unpaired) electrons. The summed E-state index contributed by atoms with van der Waals surface area (Å²) in [7, 11) is 1.74. The Bertz CT molecular complexity index is 583. The molecule has 1 aromatic rings. The van der Waals surface area contributed by atoms with Crippen LogP contribution in [0.4, 0.5) is 0 Å². The van der Waals surface area contributed by atoms with Gasteiger partial charge in [-0.2, -0.15) is 0 Å². The third-order valence-corrected chi connectivity index (χ3v) is 5.01. The number of aromatic nitrogens is 1. The van der Waals surface area contributed by atoms with Gasteiger partial charge in [-0.3, -0.25) is 9.59 Å². The second-order valence-electron chi connectivity index (χ2n) is 6.44. The van der Waals surface area contributed by atoms with E-state index >= 15 is 0 Å². The van der Waals surface area contributed by atoms with Gasteiger partial charge in [-0.1, -0.05) is 0 Å². The molecule has 5 heteroatoms. The van der Waals surface area contributed by atoms with Crippen molar-refractivity contribution in [1.29, 1.82) is 0 Å². The van der Waals surface area contributed by atoms with Gasteiger partial charge in [0.1, 0.15) is 5.69 Å². The molecular weight excluding hydrogens is 280 g/mol. The van der Waals surface area contributed by atoms with Crippen molar-refractivity contribution >= 4 is 11.7 Å². The highest BCUT2D eigenvalue weighted by molar-refractivity contribution is 6.04. The van der Waals surface area contributed by atoms with Crippen molar-refractivity contribution in [3.8, 4) is 0 Å². The van der Waals surface area contributed by atoms with Crippen molar-refractivity contribution in [3.63, 3.8) is 0 Å². The summed E-state index contributed by atoms with van der Waals surface area (Å²) in [5.41, 5.74) is 3.05. The highest BCUT2D eigenvalue weighted by atomic mass is 16.5. The molecule has 0 unspecified atom stereocenters. The number of aromatic amines is 1.